The lowest BCUT2D eigenvalue weighted by Crippen LogP contribution is -2.28. The molecule has 17 heavy (non-hydrogen) atoms. The second kappa shape index (κ2) is 6.64. The number of nitrogen functional groups attached to an aromatic ring is 1. The lowest BCUT2D eigenvalue weighted by molar-refractivity contribution is 0.0793. The summed E-state index contributed by atoms with van der Waals surface area (Å²) in [5.41, 5.74) is 6.93. The number of amides is 1. The summed E-state index contributed by atoms with van der Waals surface area (Å²) >= 11 is 3.33. The molecule has 1 rings (SSSR count). The highest BCUT2D eigenvalue weighted by Crippen LogP contribution is 2.19. The maximum atomic E-state index is 12.1. The van der Waals surface area contributed by atoms with Gasteiger partial charge in [0, 0.05) is 23.8 Å². The first-order chi connectivity index (χ1) is 8.06. The van der Waals surface area contributed by atoms with Gasteiger partial charge in [-0.2, -0.15) is 0 Å². The van der Waals surface area contributed by atoms with Gasteiger partial charge in [-0.15, -0.1) is 0 Å². The lowest BCUT2D eigenvalue weighted by atomic mass is 10.1. The molecule has 0 aliphatic rings. The van der Waals surface area contributed by atoms with E-state index in [9.17, 15) is 4.79 Å². The van der Waals surface area contributed by atoms with Crippen molar-refractivity contribution in [3.05, 3.63) is 28.2 Å². The highest BCUT2D eigenvalue weighted by molar-refractivity contribution is 9.10. The number of rotatable bonds is 5. The molecule has 0 radical (unpaired) electrons. The molecular formula is C13H19BrN2O. The Morgan fingerprint density at radius 3 is 2.71 bits per heavy atom. The van der Waals surface area contributed by atoms with Gasteiger partial charge in [0.05, 0.1) is 5.56 Å². The van der Waals surface area contributed by atoms with Crippen LogP contribution in [0.4, 0.5) is 5.69 Å². The standard InChI is InChI=1S/C13H19BrN2O/c1-3-4-5-8-16(2)13(17)11-7-6-10(14)9-12(11)15/h6-7,9H,3-5,8,15H2,1-2H3. The van der Waals surface area contributed by atoms with Crippen molar-refractivity contribution in [3.8, 4) is 0 Å². The van der Waals surface area contributed by atoms with E-state index in [1.165, 1.54) is 0 Å². The van der Waals surface area contributed by atoms with E-state index in [1.54, 1.807) is 17.0 Å². The molecule has 0 saturated heterocycles. The fraction of sp³-hybridized carbons (Fsp3) is 0.462. The average molecular weight is 299 g/mol. The van der Waals surface area contributed by atoms with Crippen LogP contribution in [0.5, 0.6) is 0 Å². The van der Waals surface area contributed by atoms with Crippen LogP contribution in [-0.4, -0.2) is 24.4 Å². The highest BCUT2D eigenvalue weighted by Gasteiger charge is 2.14. The average Bonchev–Trinajstić information content (AvgIpc) is 2.28. The van der Waals surface area contributed by atoms with Crippen LogP contribution in [0.1, 0.15) is 36.5 Å². The van der Waals surface area contributed by atoms with E-state index in [0.717, 1.165) is 30.3 Å². The van der Waals surface area contributed by atoms with Crippen LogP contribution in [0, 0.1) is 0 Å². The Morgan fingerprint density at radius 2 is 2.12 bits per heavy atom. The monoisotopic (exact) mass is 298 g/mol. The molecule has 0 unspecified atom stereocenters. The Kier molecular flexibility index (Phi) is 5.48. The maximum absolute atomic E-state index is 12.1. The first-order valence-electron chi connectivity index (χ1n) is 5.86. The number of anilines is 1. The summed E-state index contributed by atoms with van der Waals surface area (Å²) in [6.45, 7) is 2.93. The number of carbonyl (C=O) groups excluding carboxylic acids is 1. The number of benzene rings is 1. The third kappa shape index (κ3) is 4.04. The molecule has 0 spiro atoms. The number of hydrogen-bond donors (Lipinski definition) is 1. The molecule has 0 aliphatic carbocycles. The van der Waals surface area contributed by atoms with Crippen LogP contribution in [0.15, 0.2) is 22.7 Å². The van der Waals surface area contributed by atoms with Gasteiger partial charge in [-0.3, -0.25) is 4.79 Å². The predicted octanol–water partition coefficient (Wildman–Crippen LogP) is 3.29. The van der Waals surface area contributed by atoms with Crippen molar-refractivity contribution in [1.29, 1.82) is 0 Å². The van der Waals surface area contributed by atoms with E-state index in [-0.39, 0.29) is 5.91 Å². The van der Waals surface area contributed by atoms with Gasteiger partial charge in [-0.25, -0.2) is 0 Å². The van der Waals surface area contributed by atoms with Crippen molar-refractivity contribution in [2.75, 3.05) is 19.3 Å². The Balaban J connectivity index is 2.68. The third-order valence-electron chi connectivity index (χ3n) is 2.69. The van der Waals surface area contributed by atoms with Crippen LogP contribution >= 0.6 is 15.9 Å². The summed E-state index contributed by atoms with van der Waals surface area (Å²) in [6.07, 6.45) is 3.34. The molecule has 1 aromatic carbocycles. The van der Waals surface area contributed by atoms with Crippen LogP contribution in [0.3, 0.4) is 0 Å². The molecule has 0 heterocycles. The predicted molar refractivity (Wildman–Crippen MR) is 75.0 cm³/mol. The van der Waals surface area contributed by atoms with E-state index in [2.05, 4.69) is 22.9 Å². The zero-order valence-corrected chi connectivity index (χ0v) is 12.0. The Labute approximate surface area is 111 Å². The Bertz CT molecular complexity index is 393. The number of hydrogen-bond acceptors (Lipinski definition) is 2. The maximum Gasteiger partial charge on any atom is 0.255 e. The normalized spacial score (nSPS) is 10.3. The number of unbranched alkanes of at least 4 members (excludes halogenated alkanes) is 2. The minimum atomic E-state index is -0.00824. The van der Waals surface area contributed by atoms with Gasteiger partial charge < -0.3 is 10.6 Å². The van der Waals surface area contributed by atoms with Gasteiger partial charge in [0.15, 0.2) is 0 Å². The Morgan fingerprint density at radius 1 is 1.41 bits per heavy atom. The molecule has 0 atom stereocenters. The molecule has 4 heteroatoms. The van der Waals surface area contributed by atoms with Crippen LogP contribution < -0.4 is 5.73 Å². The lowest BCUT2D eigenvalue weighted by Gasteiger charge is -2.18. The summed E-state index contributed by atoms with van der Waals surface area (Å²) < 4.78 is 0.889. The zero-order chi connectivity index (χ0) is 12.8. The van der Waals surface area contributed by atoms with E-state index in [1.807, 2.05) is 13.1 Å². The molecule has 1 aromatic rings. The second-order valence-electron chi connectivity index (χ2n) is 4.17. The molecule has 0 bridgehead atoms. The van der Waals surface area contributed by atoms with Crippen molar-refractivity contribution in [1.82, 2.24) is 4.90 Å². The molecule has 0 aromatic heterocycles. The van der Waals surface area contributed by atoms with Gasteiger partial charge in [-0.1, -0.05) is 35.7 Å². The molecule has 0 saturated carbocycles. The Hall–Kier alpha value is -1.03. The number of nitrogens with zero attached hydrogens (tertiary/aromatic N) is 1. The van der Waals surface area contributed by atoms with Crippen molar-refractivity contribution >= 4 is 27.5 Å². The van der Waals surface area contributed by atoms with E-state index in [0.29, 0.717) is 11.3 Å². The topological polar surface area (TPSA) is 46.3 Å². The molecule has 0 aliphatic heterocycles. The second-order valence-corrected chi connectivity index (χ2v) is 5.08. The summed E-state index contributed by atoms with van der Waals surface area (Å²) in [6, 6.07) is 5.36. The molecular weight excluding hydrogens is 280 g/mol. The molecule has 3 nitrogen and oxygen atoms in total. The third-order valence-corrected chi connectivity index (χ3v) is 3.18. The van der Waals surface area contributed by atoms with E-state index < -0.39 is 0 Å². The van der Waals surface area contributed by atoms with Gasteiger partial charge in [0.1, 0.15) is 0 Å². The quantitative estimate of drug-likeness (QED) is 0.670. The van der Waals surface area contributed by atoms with Crippen molar-refractivity contribution in [3.63, 3.8) is 0 Å². The summed E-state index contributed by atoms with van der Waals surface area (Å²) in [4.78, 5) is 13.8. The minimum Gasteiger partial charge on any atom is -0.398 e. The van der Waals surface area contributed by atoms with Gasteiger partial charge in [-0.05, 0) is 24.6 Å². The van der Waals surface area contributed by atoms with Crippen LogP contribution in [0.2, 0.25) is 0 Å². The number of nitrogens with two attached hydrogens (primary N) is 1. The SMILES string of the molecule is CCCCCN(C)C(=O)c1ccc(Br)cc1N. The minimum absolute atomic E-state index is 0.00824. The highest BCUT2D eigenvalue weighted by atomic mass is 79.9. The van der Waals surface area contributed by atoms with Crippen molar-refractivity contribution in [2.24, 2.45) is 0 Å². The molecule has 2 N–H and O–H groups in total. The van der Waals surface area contributed by atoms with E-state index >= 15 is 0 Å². The fourth-order valence-electron chi connectivity index (χ4n) is 1.63. The molecule has 94 valence electrons. The van der Waals surface area contributed by atoms with Crippen LogP contribution in [-0.2, 0) is 0 Å². The first-order valence-corrected chi connectivity index (χ1v) is 6.66. The van der Waals surface area contributed by atoms with Gasteiger partial charge in [0.25, 0.3) is 5.91 Å². The van der Waals surface area contributed by atoms with Crippen LogP contribution in [0.25, 0.3) is 0 Å². The van der Waals surface area contributed by atoms with E-state index in [4.69, 9.17) is 5.73 Å². The van der Waals surface area contributed by atoms with Gasteiger partial charge in [0.2, 0.25) is 0 Å². The summed E-state index contributed by atoms with van der Waals surface area (Å²) in [7, 11) is 1.82. The molecule has 1 amide bonds. The molecule has 0 fully saturated rings. The fourth-order valence-corrected chi connectivity index (χ4v) is 2.01. The largest absolute Gasteiger partial charge is 0.398 e. The van der Waals surface area contributed by atoms with Crippen molar-refractivity contribution < 1.29 is 4.79 Å². The smallest absolute Gasteiger partial charge is 0.255 e. The number of halogens is 1. The summed E-state index contributed by atoms with van der Waals surface area (Å²) in [5, 5.41) is 0. The van der Waals surface area contributed by atoms with Gasteiger partial charge >= 0.3 is 0 Å². The zero-order valence-electron chi connectivity index (χ0n) is 10.4. The van der Waals surface area contributed by atoms with Crippen molar-refractivity contribution in [2.45, 2.75) is 26.2 Å². The first kappa shape index (κ1) is 14.0. The summed E-state index contributed by atoms with van der Waals surface area (Å²) in [5.74, 6) is -0.00824. The number of carbonyl (C=O) groups is 1.